The molecule has 0 saturated carbocycles. The van der Waals surface area contributed by atoms with E-state index in [4.69, 9.17) is 9.47 Å². The molecule has 3 aromatic rings. The highest BCUT2D eigenvalue weighted by atomic mass is 16.5. The quantitative estimate of drug-likeness (QED) is 0.449. The molecule has 3 rings (SSSR count). The Morgan fingerprint density at radius 2 is 1.50 bits per heavy atom. The molecule has 6 heteroatoms. The molecule has 30 heavy (non-hydrogen) atoms. The van der Waals surface area contributed by atoms with Gasteiger partial charge in [0.05, 0.1) is 0 Å². The fraction of sp³-hybridized carbons (Fsp3) is 0.125. The molecular formula is C24H21NO5. The van der Waals surface area contributed by atoms with Crippen LogP contribution < -0.4 is 10.1 Å². The highest BCUT2D eigenvalue weighted by Crippen LogP contribution is 2.20. The number of nitrogens with one attached hydrogen (secondary N) is 1. The summed E-state index contributed by atoms with van der Waals surface area (Å²) in [5, 5.41) is 2.62. The van der Waals surface area contributed by atoms with Crippen molar-refractivity contribution < 1.29 is 23.9 Å². The first kappa shape index (κ1) is 20.8. The second-order valence-corrected chi connectivity index (χ2v) is 6.53. The van der Waals surface area contributed by atoms with Gasteiger partial charge in [-0.25, -0.2) is 4.79 Å². The predicted molar refractivity (Wildman–Crippen MR) is 113 cm³/mol. The average Bonchev–Trinajstić information content (AvgIpc) is 2.77. The van der Waals surface area contributed by atoms with Gasteiger partial charge in [0.1, 0.15) is 17.9 Å². The average molecular weight is 403 g/mol. The number of hydrogen-bond donors (Lipinski definition) is 1. The summed E-state index contributed by atoms with van der Waals surface area (Å²) in [5.41, 5.74) is 2.19. The number of para-hydroxylation sites is 1. The minimum atomic E-state index is -0.637. The molecule has 0 unspecified atom stereocenters. The molecule has 6 nitrogen and oxygen atoms in total. The molecule has 1 N–H and O–H groups in total. The lowest BCUT2D eigenvalue weighted by molar-refractivity contribution is -0.114. The van der Waals surface area contributed by atoms with Crippen molar-refractivity contribution in [1.29, 1.82) is 0 Å². The van der Waals surface area contributed by atoms with Gasteiger partial charge in [-0.2, -0.15) is 0 Å². The van der Waals surface area contributed by atoms with Gasteiger partial charge in [0.2, 0.25) is 5.91 Å². The number of hydrogen-bond acceptors (Lipinski definition) is 5. The van der Waals surface area contributed by atoms with Crippen molar-refractivity contribution in [2.45, 2.75) is 13.5 Å². The van der Waals surface area contributed by atoms with Gasteiger partial charge in [-0.1, -0.05) is 42.5 Å². The third-order valence-electron chi connectivity index (χ3n) is 4.21. The molecule has 0 aromatic heterocycles. The summed E-state index contributed by atoms with van der Waals surface area (Å²) in [6.07, 6.45) is 0. The van der Waals surface area contributed by atoms with Crippen LogP contribution in [0, 0.1) is 0 Å². The number of rotatable bonds is 8. The third-order valence-corrected chi connectivity index (χ3v) is 4.21. The van der Waals surface area contributed by atoms with Crippen molar-refractivity contribution in [3.8, 4) is 5.75 Å². The first-order valence-electron chi connectivity index (χ1n) is 9.36. The fourth-order valence-electron chi connectivity index (χ4n) is 2.73. The molecule has 0 saturated heterocycles. The Morgan fingerprint density at radius 3 is 2.20 bits per heavy atom. The molecule has 152 valence electrons. The maximum absolute atomic E-state index is 12.5. The largest absolute Gasteiger partial charge is 0.488 e. The molecule has 0 heterocycles. The summed E-state index contributed by atoms with van der Waals surface area (Å²) in [6.45, 7) is 1.32. The van der Waals surface area contributed by atoms with Gasteiger partial charge in [-0.15, -0.1) is 0 Å². The van der Waals surface area contributed by atoms with Gasteiger partial charge < -0.3 is 14.8 Å². The Morgan fingerprint density at radius 1 is 0.833 bits per heavy atom. The van der Waals surface area contributed by atoms with E-state index in [1.165, 1.54) is 6.92 Å². The Balaban J connectivity index is 1.59. The van der Waals surface area contributed by atoms with Crippen LogP contribution in [-0.4, -0.2) is 24.3 Å². The number of amides is 1. The monoisotopic (exact) mass is 403 g/mol. The zero-order valence-electron chi connectivity index (χ0n) is 16.5. The molecular weight excluding hydrogens is 382 g/mol. The van der Waals surface area contributed by atoms with E-state index < -0.39 is 12.6 Å². The van der Waals surface area contributed by atoms with Crippen LogP contribution in [-0.2, 0) is 16.1 Å². The van der Waals surface area contributed by atoms with Gasteiger partial charge in [-0.3, -0.25) is 9.59 Å². The minimum Gasteiger partial charge on any atom is -0.488 e. The van der Waals surface area contributed by atoms with Crippen LogP contribution in [0.4, 0.5) is 5.69 Å². The van der Waals surface area contributed by atoms with Crippen LogP contribution in [0.1, 0.15) is 33.2 Å². The van der Waals surface area contributed by atoms with Gasteiger partial charge in [0.15, 0.2) is 12.4 Å². The molecule has 1 amide bonds. The molecule has 0 aliphatic rings. The van der Waals surface area contributed by atoms with Crippen molar-refractivity contribution >= 4 is 23.3 Å². The molecule has 0 aliphatic heterocycles. The number of carbonyl (C=O) groups is 3. The highest BCUT2D eigenvalue weighted by Gasteiger charge is 2.16. The third kappa shape index (κ3) is 5.78. The maximum Gasteiger partial charge on any atom is 0.342 e. The molecule has 0 bridgehead atoms. The molecule has 0 radical (unpaired) electrons. The molecule has 0 spiro atoms. The number of Topliss-reactive ketones (excluding diaryl/α,β-unsaturated/α-hetero) is 1. The Hall–Kier alpha value is -3.93. The van der Waals surface area contributed by atoms with Crippen LogP contribution in [0.2, 0.25) is 0 Å². The number of ether oxygens (including phenoxy) is 2. The van der Waals surface area contributed by atoms with E-state index in [0.717, 1.165) is 5.56 Å². The zero-order valence-corrected chi connectivity index (χ0v) is 16.5. The van der Waals surface area contributed by atoms with Gasteiger partial charge in [0.25, 0.3) is 0 Å². The van der Waals surface area contributed by atoms with Crippen LogP contribution in [0.15, 0.2) is 78.9 Å². The van der Waals surface area contributed by atoms with Crippen LogP contribution in [0.25, 0.3) is 0 Å². The number of benzene rings is 3. The fourth-order valence-corrected chi connectivity index (χ4v) is 2.73. The van der Waals surface area contributed by atoms with E-state index in [1.54, 1.807) is 48.5 Å². The maximum atomic E-state index is 12.5. The van der Waals surface area contributed by atoms with Crippen molar-refractivity contribution in [2.24, 2.45) is 0 Å². The van der Waals surface area contributed by atoms with Gasteiger partial charge >= 0.3 is 5.97 Å². The van der Waals surface area contributed by atoms with Crippen LogP contribution in [0.5, 0.6) is 5.75 Å². The summed E-state index contributed by atoms with van der Waals surface area (Å²) in [5.74, 6) is -0.795. The van der Waals surface area contributed by atoms with Crippen molar-refractivity contribution in [3.63, 3.8) is 0 Å². The predicted octanol–water partition coefficient (Wildman–Crippen LogP) is 4.26. The lowest BCUT2D eigenvalue weighted by Crippen LogP contribution is -2.15. The molecule has 0 fully saturated rings. The first-order chi connectivity index (χ1) is 14.5. The van der Waals surface area contributed by atoms with E-state index >= 15 is 0 Å². The molecule has 0 atom stereocenters. The summed E-state index contributed by atoms with van der Waals surface area (Å²) in [7, 11) is 0. The van der Waals surface area contributed by atoms with Crippen molar-refractivity contribution in [1.82, 2.24) is 0 Å². The number of ketones is 1. The summed E-state index contributed by atoms with van der Waals surface area (Å²) in [4.78, 5) is 35.9. The Kier molecular flexibility index (Phi) is 6.95. The Labute approximate surface area is 174 Å². The summed E-state index contributed by atoms with van der Waals surface area (Å²) >= 11 is 0. The van der Waals surface area contributed by atoms with E-state index in [2.05, 4.69) is 5.32 Å². The van der Waals surface area contributed by atoms with Crippen LogP contribution in [0.3, 0.4) is 0 Å². The summed E-state index contributed by atoms with van der Waals surface area (Å²) < 4.78 is 11.0. The SMILES string of the molecule is CC(=O)Nc1ccc(C(=O)COC(=O)c2ccccc2OCc2ccccc2)cc1. The number of esters is 1. The lowest BCUT2D eigenvalue weighted by atomic mass is 10.1. The van der Waals surface area contributed by atoms with Crippen LogP contribution >= 0.6 is 0 Å². The second kappa shape index (κ2) is 10.0. The topological polar surface area (TPSA) is 81.7 Å². The lowest BCUT2D eigenvalue weighted by Gasteiger charge is -2.11. The molecule has 0 aliphatic carbocycles. The molecule has 3 aromatic carbocycles. The van der Waals surface area contributed by atoms with E-state index in [1.807, 2.05) is 30.3 Å². The van der Waals surface area contributed by atoms with Gasteiger partial charge in [0, 0.05) is 18.2 Å². The van der Waals surface area contributed by atoms with E-state index in [0.29, 0.717) is 23.6 Å². The van der Waals surface area contributed by atoms with E-state index in [9.17, 15) is 14.4 Å². The van der Waals surface area contributed by atoms with E-state index in [-0.39, 0.29) is 17.3 Å². The zero-order chi connectivity index (χ0) is 21.3. The highest BCUT2D eigenvalue weighted by molar-refractivity contribution is 6.00. The number of anilines is 1. The first-order valence-corrected chi connectivity index (χ1v) is 9.36. The van der Waals surface area contributed by atoms with Crippen molar-refractivity contribution in [2.75, 3.05) is 11.9 Å². The normalized spacial score (nSPS) is 10.2. The minimum absolute atomic E-state index is 0.198. The van der Waals surface area contributed by atoms with Gasteiger partial charge in [-0.05, 0) is 42.0 Å². The summed E-state index contributed by atoms with van der Waals surface area (Å²) in [6, 6.07) is 22.7. The number of carbonyl (C=O) groups excluding carboxylic acids is 3. The van der Waals surface area contributed by atoms with Crippen molar-refractivity contribution in [3.05, 3.63) is 95.6 Å². The second-order valence-electron chi connectivity index (χ2n) is 6.53. The smallest absolute Gasteiger partial charge is 0.342 e. The standard InChI is InChI=1S/C24H21NO5/c1-17(26)25-20-13-11-19(12-14-20)22(27)16-30-24(28)21-9-5-6-10-23(21)29-15-18-7-3-2-4-8-18/h2-14H,15-16H2,1H3,(H,25,26). The Bertz CT molecular complexity index is 1030.